The number of alkyl carbamates (subject to hydrolysis) is 1. The predicted octanol–water partition coefficient (Wildman–Crippen LogP) is 2.49. The SMILES string of the molecule is C=C(CCCNC(=O)OC(C)(C)C)C(=C)C(=O)O. The van der Waals surface area contributed by atoms with Gasteiger partial charge in [0, 0.05) is 6.54 Å². The maximum absolute atomic E-state index is 11.3. The van der Waals surface area contributed by atoms with Crippen LogP contribution in [-0.4, -0.2) is 29.3 Å². The molecule has 5 nitrogen and oxygen atoms in total. The normalized spacial score (nSPS) is 10.6. The van der Waals surface area contributed by atoms with Gasteiger partial charge in [-0.05, 0) is 39.2 Å². The first-order valence-corrected chi connectivity index (χ1v) is 5.70. The zero-order valence-electron chi connectivity index (χ0n) is 11.2. The Morgan fingerprint density at radius 2 is 1.83 bits per heavy atom. The lowest BCUT2D eigenvalue weighted by atomic mass is 10.1. The van der Waals surface area contributed by atoms with Crippen molar-refractivity contribution in [2.45, 2.75) is 39.2 Å². The summed E-state index contributed by atoms with van der Waals surface area (Å²) in [6.07, 6.45) is 0.579. The molecule has 0 saturated carbocycles. The number of carboxylic acids is 1. The van der Waals surface area contributed by atoms with Crippen molar-refractivity contribution in [2.75, 3.05) is 6.54 Å². The van der Waals surface area contributed by atoms with Crippen LogP contribution in [0.4, 0.5) is 4.79 Å². The summed E-state index contributed by atoms with van der Waals surface area (Å²) in [6.45, 7) is 12.8. The Morgan fingerprint density at radius 1 is 1.28 bits per heavy atom. The van der Waals surface area contributed by atoms with E-state index in [4.69, 9.17) is 9.84 Å². The first-order valence-electron chi connectivity index (χ1n) is 5.70. The van der Waals surface area contributed by atoms with Gasteiger partial charge in [-0.3, -0.25) is 0 Å². The van der Waals surface area contributed by atoms with Crippen LogP contribution in [0.2, 0.25) is 0 Å². The molecule has 0 fully saturated rings. The Balaban J connectivity index is 3.81. The first-order chi connectivity index (χ1) is 8.13. The minimum absolute atomic E-state index is 0.00673. The topological polar surface area (TPSA) is 75.6 Å². The van der Waals surface area contributed by atoms with E-state index in [1.165, 1.54) is 0 Å². The number of ether oxygens (including phenoxy) is 1. The summed E-state index contributed by atoms with van der Waals surface area (Å²) in [7, 11) is 0. The average molecular weight is 255 g/mol. The van der Waals surface area contributed by atoms with Gasteiger partial charge in [0.2, 0.25) is 0 Å². The molecule has 0 atom stereocenters. The summed E-state index contributed by atoms with van der Waals surface area (Å²) < 4.78 is 5.05. The van der Waals surface area contributed by atoms with E-state index in [-0.39, 0.29) is 5.57 Å². The maximum atomic E-state index is 11.3. The number of carbonyl (C=O) groups excluding carboxylic acids is 1. The van der Waals surface area contributed by atoms with Crippen molar-refractivity contribution in [1.82, 2.24) is 5.32 Å². The molecular weight excluding hydrogens is 234 g/mol. The second-order valence-electron chi connectivity index (χ2n) is 4.92. The monoisotopic (exact) mass is 255 g/mol. The van der Waals surface area contributed by atoms with Crippen molar-refractivity contribution in [2.24, 2.45) is 0 Å². The largest absolute Gasteiger partial charge is 0.478 e. The fourth-order valence-electron chi connectivity index (χ4n) is 1.11. The molecule has 0 unspecified atom stereocenters. The Bertz CT molecular complexity index is 352. The number of hydrogen-bond donors (Lipinski definition) is 2. The molecule has 0 spiro atoms. The summed E-state index contributed by atoms with van der Waals surface area (Å²) >= 11 is 0. The van der Waals surface area contributed by atoms with Gasteiger partial charge in [0.15, 0.2) is 0 Å². The van der Waals surface area contributed by atoms with Crippen LogP contribution in [0.15, 0.2) is 24.3 Å². The minimum Gasteiger partial charge on any atom is -0.478 e. The first kappa shape index (κ1) is 16.2. The van der Waals surface area contributed by atoms with E-state index < -0.39 is 17.7 Å². The van der Waals surface area contributed by atoms with Gasteiger partial charge in [0.1, 0.15) is 5.60 Å². The number of hydrogen-bond acceptors (Lipinski definition) is 3. The van der Waals surface area contributed by atoms with E-state index in [1.807, 2.05) is 0 Å². The molecule has 0 aromatic heterocycles. The average Bonchev–Trinajstić information content (AvgIpc) is 2.20. The Labute approximate surface area is 108 Å². The zero-order chi connectivity index (χ0) is 14.3. The van der Waals surface area contributed by atoms with Gasteiger partial charge in [0.25, 0.3) is 0 Å². The smallest absolute Gasteiger partial charge is 0.407 e. The van der Waals surface area contributed by atoms with E-state index >= 15 is 0 Å². The molecule has 0 bridgehead atoms. The lowest BCUT2D eigenvalue weighted by Crippen LogP contribution is -2.33. The molecule has 1 amide bonds. The highest BCUT2D eigenvalue weighted by Gasteiger charge is 2.15. The highest BCUT2D eigenvalue weighted by molar-refractivity contribution is 5.90. The van der Waals surface area contributed by atoms with Gasteiger partial charge in [-0.2, -0.15) is 0 Å². The third-order valence-corrected chi connectivity index (χ3v) is 2.01. The van der Waals surface area contributed by atoms with E-state index in [0.29, 0.717) is 25.0 Å². The van der Waals surface area contributed by atoms with E-state index in [0.717, 1.165) is 0 Å². The van der Waals surface area contributed by atoms with Gasteiger partial charge >= 0.3 is 12.1 Å². The molecule has 0 rings (SSSR count). The molecule has 0 saturated heterocycles. The van der Waals surface area contributed by atoms with Crippen LogP contribution in [0.5, 0.6) is 0 Å². The fraction of sp³-hybridized carbons (Fsp3) is 0.538. The summed E-state index contributed by atoms with van der Waals surface area (Å²) in [5, 5.41) is 11.3. The third kappa shape index (κ3) is 7.49. The van der Waals surface area contributed by atoms with Crippen molar-refractivity contribution in [1.29, 1.82) is 0 Å². The maximum Gasteiger partial charge on any atom is 0.407 e. The lowest BCUT2D eigenvalue weighted by molar-refractivity contribution is -0.132. The molecule has 0 aliphatic carbocycles. The van der Waals surface area contributed by atoms with Gasteiger partial charge in [0.05, 0.1) is 5.57 Å². The van der Waals surface area contributed by atoms with Gasteiger partial charge < -0.3 is 15.2 Å². The van der Waals surface area contributed by atoms with Crippen molar-refractivity contribution in [3.8, 4) is 0 Å². The Hall–Kier alpha value is -1.78. The molecule has 0 radical (unpaired) electrons. The highest BCUT2D eigenvalue weighted by atomic mass is 16.6. The second kappa shape index (κ2) is 6.83. The lowest BCUT2D eigenvalue weighted by Gasteiger charge is -2.19. The molecule has 18 heavy (non-hydrogen) atoms. The molecule has 102 valence electrons. The van der Waals surface area contributed by atoms with Crippen LogP contribution in [-0.2, 0) is 9.53 Å². The predicted molar refractivity (Wildman–Crippen MR) is 69.4 cm³/mol. The van der Waals surface area contributed by atoms with E-state index in [1.54, 1.807) is 20.8 Å². The molecule has 0 heterocycles. The van der Waals surface area contributed by atoms with Crippen LogP contribution < -0.4 is 5.32 Å². The second-order valence-corrected chi connectivity index (χ2v) is 4.92. The van der Waals surface area contributed by atoms with Crippen LogP contribution in [0.1, 0.15) is 33.6 Å². The summed E-state index contributed by atoms with van der Waals surface area (Å²) in [6, 6.07) is 0. The molecule has 0 aromatic carbocycles. The summed E-state index contributed by atoms with van der Waals surface area (Å²) in [5.41, 5.74) is -0.0496. The number of carboxylic acid groups (broad SMARTS) is 1. The number of rotatable bonds is 6. The zero-order valence-corrected chi connectivity index (χ0v) is 11.2. The molecule has 2 N–H and O–H groups in total. The van der Waals surface area contributed by atoms with Crippen LogP contribution in [0.3, 0.4) is 0 Å². The van der Waals surface area contributed by atoms with Crippen LogP contribution in [0.25, 0.3) is 0 Å². The third-order valence-electron chi connectivity index (χ3n) is 2.01. The standard InChI is InChI=1S/C13H21NO4/c1-9(10(2)11(15)16)7-6-8-14-12(17)18-13(3,4)5/h1-2,6-8H2,3-5H3,(H,14,17)(H,15,16). The van der Waals surface area contributed by atoms with Crippen LogP contribution in [0, 0.1) is 0 Å². The van der Waals surface area contributed by atoms with Crippen molar-refractivity contribution in [3.63, 3.8) is 0 Å². The molecular formula is C13H21NO4. The van der Waals surface area contributed by atoms with Crippen molar-refractivity contribution >= 4 is 12.1 Å². The number of carbonyl (C=O) groups is 2. The van der Waals surface area contributed by atoms with E-state index in [9.17, 15) is 9.59 Å². The quantitative estimate of drug-likeness (QED) is 0.434. The molecule has 0 aliphatic rings. The van der Waals surface area contributed by atoms with Gasteiger partial charge in [-0.25, -0.2) is 9.59 Å². The molecule has 5 heteroatoms. The van der Waals surface area contributed by atoms with Crippen LogP contribution >= 0.6 is 0 Å². The Kier molecular flexibility index (Phi) is 6.16. The van der Waals surface area contributed by atoms with E-state index in [2.05, 4.69) is 18.5 Å². The van der Waals surface area contributed by atoms with Gasteiger partial charge in [-0.15, -0.1) is 0 Å². The summed E-state index contributed by atoms with van der Waals surface area (Å²) in [4.78, 5) is 21.9. The fourth-order valence-corrected chi connectivity index (χ4v) is 1.11. The highest BCUT2D eigenvalue weighted by Crippen LogP contribution is 2.12. The minimum atomic E-state index is -1.07. The number of nitrogens with one attached hydrogen (secondary N) is 1. The van der Waals surface area contributed by atoms with Gasteiger partial charge in [-0.1, -0.05) is 13.2 Å². The number of aliphatic carboxylic acids is 1. The number of amides is 1. The molecule has 0 aromatic rings. The Morgan fingerprint density at radius 3 is 2.28 bits per heavy atom. The summed E-state index contributed by atoms with van der Waals surface area (Å²) in [5.74, 6) is -1.07. The van der Waals surface area contributed by atoms with Crippen molar-refractivity contribution < 1.29 is 19.4 Å². The van der Waals surface area contributed by atoms with Crippen molar-refractivity contribution in [3.05, 3.63) is 24.3 Å². The molecule has 0 aliphatic heterocycles.